The molecule has 1 aliphatic rings. The topological polar surface area (TPSA) is 99.1 Å². The molecule has 0 unspecified atom stereocenters. The molecule has 1 saturated heterocycles. The Morgan fingerprint density at radius 2 is 1.76 bits per heavy atom. The number of pyridine rings is 2. The van der Waals surface area contributed by atoms with Gasteiger partial charge in [0.2, 0.25) is 0 Å². The van der Waals surface area contributed by atoms with Crippen molar-refractivity contribution in [3.63, 3.8) is 0 Å². The van der Waals surface area contributed by atoms with E-state index in [9.17, 15) is 5.11 Å². The quantitative estimate of drug-likeness (QED) is 0.624. The maximum atomic E-state index is 10.4. The second-order valence-corrected chi connectivity index (χ2v) is 7.56. The highest BCUT2D eigenvalue weighted by atomic mass is 16.3. The van der Waals surface area contributed by atoms with Crippen molar-refractivity contribution in [3.05, 3.63) is 48.4 Å². The van der Waals surface area contributed by atoms with Crippen molar-refractivity contribution >= 4 is 17.2 Å². The third-order valence-corrected chi connectivity index (χ3v) is 4.84. The summed E-state index contributed by atoms with van der Waals surface area (Å²) in [4.78, 5) is 10.8. The van der Waals surface area contributed by atoms with Crippen molar-refractivity contribution in [2.75, 3.05) is 23.3 Å². The van der Waals surface area contributed by atoms with Crippen LogP contribution in [0.2, 0.25) is 0 Å². The highest BCUT2D eigenvalue weighted by Gasteiger charge is 2.22. The molecule has 0 saturated carbocycles. The summed E-state index contributed by atoms with van der Waals surface area (Å²) in [7, 11) is 0. The van der Waals surface area contributed by atoms with E-state index in [1.807, 2.05) is 31.2 Å². The molecule has 8 nitrogen and oxygen atoms in total. The lowest BCUT2D eigenvalue weighted by Gasteiger charge is -2.36. The molecule has 0 aliphatic carbocycles. The molecular formula is C21H25N7O. The van der Waals surface area contributed by atoms with E-state index in [2.05, 4.69) is 49.5 Å². The lowest BCUT2D eigenvalue weighted by Crippen LogP contribution is -2.54. The number of nitrogens with zero attached hydrogens (tertiary/aromatic N) is 5. The van der Waals surface area contributed by atoms with Gasteiger partial charge in [-0.05, 0) is 45.0 Å². The van der Waals surface area contributed by atoms with Crippen molar-refractivity contribution in [3.8, 4) is 17.1 Å². The Morgan fingerprint density at radius 1 is 1.00 bits per heavy atom. The van der Waals surface area contributed by atoms with Gasteiger partial charge in [0.05, 0.1) is 23.8 Å². The number of rotatable bonds is 4. The van der Waals surface area contributed by atoms with Crippen molar-refractivity contribution in [1.29, 1.82) is 0 Å². The number of piperazine rings is 1. The Labute approximate surface area is 170 Å². The van der Waals surface area contributed by atoms with Crippen LogP contribution in [-0.4, -0.2) is 50.4 Å². The van der Waals surface area contributed by atoms with Crippen LogP contribution in [0.3, 0.4) is 0 Å². The molecule has 150 valence electrons. The predicted octanol–water partition coefficient (Wildman–Crippen LogP) is 2.88. The van der Waals surface area contributed by atoms with E-state index in [-0.39, 0.29) is 5.75 Å². The fourth-order valence-corrected chi connectivity index (χ4v) is 3.56. The van der Waals surface area contributed by atoms with Crippen LogP contribution < -0.4 is 15.5 Å². The molecule has 0 spiro atoms. The number of hydrogen-bond donors (Lipinski definition) is 3. The standard InChI is InChI=1S/C21H25N7O/c1-13-4-5-16(9-22-13)25-17-8-19(29)21(23-10-17)18-6-7-20(27-26-18)28-11-14(2)24-15(3)12-28/h4-10,14-15,24-25,29H,11-12H2,1-3H3/t14-,15+. The smallest absolute Gasteiger partial charge is 0.151 e. The molecule has 29 heavy (non-hydrogen) atoms. The second-order valence-electron chi connectivity index (χ2n) is 7.56. The predicted molar refractivity (Wildman–Crippen MR) is 113 cm³/mol. The summed E-state index contributed by atoms with van der Waals surface area (Å²) in [5, 5.41) is 25.8. The van der Waals surface area contributed by atoms with Crippen molar-refractivity contribution in [2.45, 2.75) is 32.9 Å². The van der Waals surface area contributed by atoms with Gasteiger partial charge in [0, 0.05) is 36.9 Å². The molecule has 0 amide bonds. The molecule has 3 aromatic rings. The fraction of sp³-hybridized carbons (Fsp3) is 0.333. The van der Waals surface area contributed by atoms with Gasteiger partial charge in [-0.2, -0.15) is 0 Å². The summed E-state index contributed by atoms with van der Waals surface area (Å²) in [6, 6.07) is 10.0. The molecule has 8 heteroatoms. The average Bonchev–Trinajstić information content (AvgIpc) is 2.69. The molecule has 1 aliphatic heterocycles. The molecule has 1 fully saturated rings. The Kier molecular flexibility index (Phi) is 5.26. The first-order valence-corrected chi connectivity index (χ1v) is 9.72. The van der Waals surface area contributed by atoms with E-state index in [0.717, 1.165) is 30.3 Å². The van der Waals surface area contributed by atoms with Gasteiger partial charge in [-0.3, -0.25) is 4.98 Å². The minimum atomic E-state index is 0.0431. The molecule has 3 N–H and O–H groups in total. The first-order valence-electron chi connectivity index (χ1n) is 9.72. The first-order chi connectivity index (χ1) is 14.0. The van der Waals surface area contributed by atoms with Crippen molar-refractivity contribution in [1.82, 2.24) is 25.5 Å². The SMILES string of the molecule is Cc1ccc(Nc2cnc(-c3ccc(N4C[C@@H](C)N[C@@H](C)C4)nn3)c(O)c2)cn1. The van der Waals surface area contributed by atoms with Gasteiger partial charge in [-0.1, -0.05) is 0 Å². The molecule has 4 heterocycles. The minimum absolute atomic E-state index is 0.0431. The van der Waals surface area contributed by atoms with E-state index in [4.69, 9.17) is 0 Å². The van der Waals surface area contributed by atoms with Crippen molar-refractivity contribution < 1.29 is 5.11 Å². The van der Waals surface area contributed by atoms with Gasteiger partial charge in [0.15, 0.2) is 5.82 Å². The number of aromatic hydroxyl groups is 1. The van der Waals surface area contributed by atoms with E-state index in [1.54, 1.807) is 18.5 Å². The Balaban J connectivity index is 1.50. The Morgan fingerprint density at radius 3 is 2.38 bits per heavy atom. The molecule has 3 aromatic heterocycles. The normalized spacial score (nSPS) is 19.2. The third kappa shape index (κ3) is 4.43. The average molecular weight is 391 g/mol. The highest BCUT2D eigenvalue weighted by Crippen LogP contribution is 2.29. The van der Waals surface area contributed by atoms with Gasteiger partial charge in [-0.25, -0.2) is 4.98 Å². The van der Waals surface area contributed by atoms with Gasteiger partial charge < -0.3 is 20.6 Å². The molecule has 0 radical (unpaired) electrons. The summed E-state index contributed by atoms with van der Waals surface area (Å²) in [6.45, 7) is 8.02. The molecule has 0 bridgehead atoms. The number of nitrogens with one attached hydrogen (secondary N) is 2. The van der Waals surface area contributed by atoms with E-state index >= 15 is 0 Å². The maximum absolute atomic E-state index is 10.4. The number of hydrogen-bond acceptors (Lipinski definition) is 8. The van der Waals surface area contributed by atoms with E-state index < -0.39 is 0 Å². The molecular weight excluding hydrogens is 366 g/mol. The van der Waals surface area contributed by atoms with Crippen LogP contribution in [0, 0.1) is 6.92 Å². The highest BCUT2D eigenvalue weighted by molar-refractivity contribution is 5.68. The first kappa shape index (κ1) is 19.1. The Bertz CT molecular complexity index is 965. The second kappa shape index (κ2) is 8.00. The summed E-state index contributed by atoms with van der Waals surface area (Å²) in [5.74, 6) is 0.875. The summed E-state index contributed by atoms with van der Waals surface area (Å²) in [6.07, 6.45) is 3.40. The van der Waals surface area contributed by atoms with Crippen LogP contribution in [0.5, 0.6) is 5.75 Å². The van der Waals surface area contributed by atoms with Gasteiger partial charge in [-0.15, -0.1) is 10.2 Å². The number of aromatic nitrogens is 4. The van der Waals surface area contributed by atoms with E-state index in [0.29, 0.717) is 29.2 Å². The third-order valence-electron chi connectivity index (χ3n) is 4.84. The van der Waals surface area contributed by atoms with Crippen LogP contribution in [0.25, 0.3) is 11.4 Å². The number of anilines is 3. The number of aryl methyl sites for hydroxylation is 1. The lowest BCUT2D eigenvalue weighted by atomic mass is 10.1. The minimum Gasteiger partial charge on any atom is -0.506 e. The van der Waals surface area contributed by atoms with E-state index in [1.165, 1.54) is 0 Å². The molecule has 4 rings (SSSR count). The zero-order valence-electron chi connectivity index (χ0n) is 16.8. The monoisotopic (exact) mass is 391 g/mol. The molecule has 0 aromatic carbocycles. The zero-order valence-corrected chi connectivity index (χ0v) is 16.8. The van der Waals surface area contributed by atoms with Gasteiger partial charge >= 0.3 is 0 Å². The summed E-state index contributed by atoms with van der Waals surface area (Å²) < 4.78 is 0. The lowest BCUT2D eigenvalue weighted by molar-refractivity contribution is 0.404. The van der Waals surface area contributed by atoms with Crippen LogP contribution >= 0.6 is 0 Å². The van der Waals surface area contributed by atoms with Crippen LogP contribution in [0.4, 0.5) is 17.2 Å². The summed E-state index contributed by atoms with van der Waals surface area (Å²) >= 11 is 0. The Hall–Kier alpha value is -3.26. The largest absolute Gasteiger partial charge is 0.506 e. The molecule has 2 atom stereocenters. The van der Waals surface area contributed by atoms with Crippen LogP contribution in [0.15, 0.2) is 42.7 Å². The van der Waals surface area contributed by atoms with Crippen LogP contribution in [-0.2, 0) is 0 Å². The van der Waals surface area contributed by atoms with Crippen LogP contribution in [0.1, 0.15) is 19.5 Å². The zero-order chi connectivity index (χ0) is 20.4. The van der Waals surface area contributed by atoms with Crippen molar-refractivity contribution in [2.24, 2.45) is 0 Å². The summed E-state index contributed by atoms with van der Waals surface area (Å²) in [5.41, 5.74) is 3.38. The fourth-order valence-electron chi connectivity index (χ4n) is 3.56. The van der Waals surface area contributed by atoms with Gasteiger partial charge in [0.25, 0.3) is 0 Å². The maximum Gasteiger partial charge on any atom is 0.151 e. The van der Waals surface area contributed by atoms with Gasteiger partial charge in [0.1, 0.15) is 17.1 Å².